The van der Waals surface area contributed by atoms with Crippen LogP contribution in [0.25, 0.3) is 0 Å². The highest BCUT2D eigenvalue weighted by Crippen LogP contribution is 2.31. The second kappa shape index (κ2) is 7.66. The number of nitrogens with zero attached hydrogens (tertiary/aromatic N) is 4. The van der Waals surface area contributed by atoms with Crippen molar-refractivity contribution in [3.63, 3.8) is 0 Å². The van der Waals surface area contributed by atoms with Crippen LogP contribution in [0, 0.1) is 5.82 Å². The molecule has 3 heterocycles. The van der Waals surface area contributed by atoms with Gasteiger partial charge in [-0.05, 0) is 45.8 Å². The van der Waals surface area contributed by atoms with Crippen LogP contribution >= 0.6 is 0 Å². The summed E-state index contributed by atoms with van der Waals surface area (Å²) < 4.78 is 41.7. The minimum Gasteiger partial charge on any atom is -0.396 e. The fourth-order valence-corrected chi connectivity index (χ4v) is 5.86. The fraction of sp³-hybridized carbons (Fsp3) is 0.706. The number of nitrogens with two attached hydrogens (primary N) is 1. The van der Waals surface area contributed by atoms with Gasteiger partial charge < -0.3 is 15.5 Å². The Labute approximate surface area is 155 Å². The van der Waals surface area contributed by atoms with Crippen molar-refractivity contribution < 1.29 is 12.8 Å². The van der Waals surface area contributed by atoms with Crippen molar-refractivity contribution in [3.8, 4) is 0 Å². The van der Waals surface area contributed by atoms with Crippen molar-refractivity contribution in [1.82, 2.24) is 14.2 Å². The summed E-state index contributed by atoms with van der Waals surface area (Å²) in [5.74, 6) is -0.463. The molecular weight excluding hydrogens is 357 g/mol. The van der Waals surface area contributed by atoms with Crippen molar-refractivity contribution >= 4 is 21.4 Å². The number of hydrogen-bond acceptors (Lipinski definition) is 6. The van der Waals surface area contributed by atoms with E-state index in [9.17, 15) is 12.8 Å². The first-order valence-electron chi connectivity index (χ1n) is 9.10. The fourth-order valence-electron chi connectivity index (χ4n) is 3.96. The SMILES string of the molecule is CN1CCC(N(C)S(=O)(=O)C2CCN(c3c(N)cncc3F)CC2)CC1. The number of halogens is 1. The lowest BCUT2D eigenvalue weighted by Crippen LogP contribution is -2.50. The van der Waals surface area contributed by atoms with Crippen molar-refractivity contribution in [2.45, 2.75) is 37.0 Å². The number of aromatic nitrogens is 1. The summed E-state index contributed by atoms with van der Waals surface area (Å²) in [6.07, 6.45) is 5.24. The zero-order valence-electron chi connectivity index (χ0n) is 15.4. The normalized spacial score (nSPS) is 21.5. The number of anilines is 2. The molecule has 2 saturated heterocycles. The monoisotopic (exact) mass is 385 g/mol. The van der Waals surface area contributed by atoms with E-state index in [1.807, 2.05) is 4.90 Å². The van der Waals surface area contributed by atoms with Gasteiger partial charge in [0.25, 0.3) is 0 Å². The van der Waals surface area contributed by atoms with Crippen molar-refractivity contribution in [2.75, 3.05) is 50.9 Å². The Kier molecular flexibility index (Phi) is 5.69. The van der Waals surface area contributed by atoms with Crippen LogP contribution in [0.15, 0.2) is 12.4 Å². The van der Waals surface area contributed by atoms with Crippen LogP contribution in [0.2, 0.25) is 0 Å². The minimum absolute atomic E-state index is 0.0718. The molecule has 1 aromatic rings. The maximum atomic E-state index is 14.1. The minimum atomic E-state index is -3.35. The molecular formula is C17H28FN5O2S. The van der Waals surface area contributed by atoms with Crippen LogP contribution < -0.4 is 10.6 Å². The molecule has 2 N–H and O–H groups in total. The zero-order valence-corrected chi connectivity index (χ0v) is 16.3. The summed E-state index contributed by atoms with van der Waals surface area (Å²) in [6, 6.07) is 0.0718. The largest absolute Gasteiger partial charge is 0.396 e. The molecule has 3 rings (SSSR count). The molecule has 0 atom stereocenters. The summed E-state index contributed by atoms with van der Waals surface area (Å²) in [4.78, 5) is 7.79. The molecule has 26 heavy (non-hydrogen) atoms. The standard InChI is InChI=1S/C17H28FN5O2S/c1-21-7-3-13(4-8-21)22(2)26(24,25)14-5-9-23(10-6-14)17-15(18)11-20-12-16(17)19/h11-14H,3-10,19H2,1-2H3. The topological polar surface area (TPSA) is 82.8 Å². The van der Waals surface area contributed by atoms with E-state index in [1.165, 1.54) is 6.20 Å². The molecule has 2 aliphatic rings. The Hall–Kier alpha value is -1.45. The van der Waals surface area contributed by atoms with Crippen LogP contribution in [0.4, 0.5) is 15.8 Å². The van der Waals surface area contributed by atoms with Crippen LogP contribution in [-0.2, 0) is 10.0 Å². The average molecular weight is 386 g/mol. The first-order valence-corrected chi connectivity index (χ1v) is 10.6. The summed E-state index contributed by atoms with van der Waals surface area (Å²) >= 11 is 0. The van der Waals surface area contributed by atoms with Crippen LogP contribution in [0.3, 0.4) is 0 Å². The zero-order chi connectivity index (χ0) is 18.9. The number of hydrogen-bond donors (Lipinski definition) is 1. The number of sulfonamides is 1. The second-order valence-electron chi connectivity index (χ2n) is 7.34. The average Bonchev–Trinajstić information content (AvgIpc) is 2.62. The van der Waals surface area contributed by atoms with Gasteiger partial charge in [0.1, 0.15) is 0 Å². The van der Waals surface area contributed by atoms with E-state index in [1.54, 1.807) is 11.4 Å². The van der Waals surface area contributed by atoms with Gasteiger partial charge in [-0.25, -0.2) is 17.1 Å². The molecule has 0 spiro atoms. The Bertz CT molecular complexity index is 708. The molecule has 0 saturated carbocycles. The van der Waals surface area contributed by atoms with Crippen LogP contribution in [0.1, 0.15) is 25.7 Å². The van der Waals surface area contributed by atoms with Gasteiger partial charge in [-0.15, -0.1) is 0 Å². The first-order chi connectivity index (χ1) is 12.3. The van der Waals surface area contributed by atoms with Gasteiger partial charge in [0.2, 0.25) is 10.0 Å². The van der Waals surface area contributed by atoms with E-state index in [4.69, 9.17) is 5.73 Å². The highest BCUT2D eigenvalue weighted by atomic mass is 32.2. The van der Waals surface area contributed by atoms with E-state index in [0.29, 0.717) is 31.6 Å². The molecule has 0 amide bonds. The molecule has 0 unspecified atom stereocenters. The molecule has 9 heteroatoms. The van der Waals surface area contributed by atoms with Gasteiger partial charge in [-0.1, -0.05) is 0 Å². The Balaban J connectivity index is 1.65. The molecule has 146 valence electrons. The molecule has 0 aromatic carbocycles. The summed E-state index contributed by atoms with van der Waals surface area (Å²) in [7, 11) is 0.412. The Morgan fingerprint density at radius 1 is 1.15 bits per heavy atom. The second-order valence-corrected chi connectivity index (χ2v) is 9.61. The third-order valence-electron chi connectivity index (χ3n) is 5.68. The number of likely N-dealkylation sites (tertiary alicyclic amines) is 1. The molecule has 2 fully saturated rings. The Morgan fingerprint density at radius 2 is 1.77 bits per heavy atom. The van der Waals surface area contributed by atoms with E-state index >= 15 is 0 Å². The van der Waals surface area contributed by atoms with Gasteiger partial charge in [0.15, 0.2) is 5.82 Å². The number of pyridine rings is 1. The highest BCUT2D eigenvalue weighted by Gasteiger charge is 2.37. The van der Waals surface area contributed by atoms with Crippen molar-refractivity contribution in [2.24, 2.45) is 0 Å². The predicted molar refractivity (Wildman–Crippen MR) is 101 cm³/mol. The van der Waals surface area contributed by atoms with Gasteiger partial charge >= 0.3 is 0 Å². The maximum Gasteiger partial charge on any atom is 0.217 e. The smallest absolute Gasteiger partial charge is 0.217 e. The maximum absolute atomic E-state index is 14.1. The summed E-state index contributed by atoms with van der Waals surface area (Å²) in [5, 5.41) is -0.422. The molecule has 0 aliphatic carbocycles. The lowest BCUT2D eigenvalue weighted by Gasteiger charge is -2.39. The number of nitrogen functional groups attached to an aromatic ring is 1. The first kappa shape index (κ1) is 19.3. The quantitative estimate of drug-likeness (QED) is 0.837. The Morgan fingerprint density at radius 3 is 2.35 bits per heavy atom. The summed E-state index contributed by atoms with van der Waals surface area (Å²) in [6.45, 7) is 2.78. The van der Waals surface area contributed by atoms with Gasteiger partial charge in [-0.3, -0.25) is 4.98 Å². The molecule has 2 aliphatic heterocycles. The lowest BCUT2D eigenvalue weighted by molar-refractivity contribution is 0.196. The van der Waals surface area contributed by atoms with Gasteiger partial charge in [0, 0.05) is 26.2 Å². The van der Waals surface area contributed by atoms with Crippen LogP contribution in [-0.4, -0.2) is 74.2 Å². The molecule has 0 bridgehead atoms. The molecule has 0 radical (unpaired) electrons. The molecule has 7 nitrogen and oxygen atoms in total. The van der Waals surface area contributed by atoms with E-state index in [2.05, 4.69) is 16.9 Å². The van der Waals surface area contributed by atoms with Crippen molar-refractivity contribution in [3.05, 3.63) is 18.2 Å². The third-order valence-corrected chi connectivity index (χ3v) is 8.10. The third kappa shape index (κ3) is 3.79. The predicted octanol–water partition coefficient (Wildman–Crippen LogP) is 1.13. The highest BCUT2D eigenvalue weighted by molar-refractivity contribution is 7.89. The lowest BCUT2D eigenvalue weighted by atomic mass is 10.1. The van der Waals surface area contributed by atoms with E-state index in [0.717, 1.165) is 32.1 Å². The van der Waals surface area contributed by atoms with Gasteiger partial charge in [0.05, 0.1) is 29.0 Å². The summed E-state index contributed by atoms with van der Waals surface area (Å²) in [5.41, 5.74) is 6.47. The number of piperidine rings is 2. The van der Waals surface area contributed by atoms with E-state index in [-0.39, 0.29) is 11.7 Å². The molecule has 1 aromatic heterocycles. The van der Waals surface area contributed by atoms with Crippen LogP contribution in [0.5, 0.6) is 0 Å². The van der Waals surface area contributed by atoms with Gasteiger partial charge in [-0.2, -0.15) is 0 Å². The van der Waals surface area contributed by atoms with Crippen molar-refractivity contribution in [1.29, 1.82) is 0 Å². The number of rotatable bonds is 4. The van der Waals surface area contributed by atoms with E-state index < -0.39 is 21.1 Å².